The molecule has 1 aliphatic heterocycles. The number of amides is 1. The third-order valence-corrected chi connectivity index (χ3v) is 6.93. The van der Waals surface area contributed by atoms with E-state index >= 15 is 0 Å². The Hall–Kier alpha value is -2.82. The van der Waals surface area contributed by atoms with Gasteiger partial charge < -0.3 is 25.3 Å². The van der Waals surface area contributed by atoms with E-state index in [0.717, 1.165) is 0 Å². The minimum atomic E-state index is -0.591. The number of primary amides is 1. The fourth-order valence-electron chi connectivity index (χ4n) is 4.42. The maximum atomic E-state index is 14.1. The van der Waals surface area contributed by atoms with E-state index in [4.69, 9.17) is 19.9 Å². The van der Waals surface area contributed by atoms with Crippen LogP contribution in [0.25, 0.3) is 10.2 Å². The number of fused-ring (bicyclic) bond motifs is 2. The van der Waals surface area contributed by atoms with Crippen molar-refractivity contribution in [3.05, 3.63) is 40.8 Å². The third-order valence-electron chi connectivity index (χ3n) is 5.72. The topological polar surface area (TPSA) is 109 Å². The van der Waals surface area contributed by atoms with Gasteiger partial charge in [-0.3, -0.25) is 4.79 Å². The Labute approximate surface area is 187 Å². The molecular weight excluding hydrogens is 435 g/mol. The summed E-state index contributed by atoms with van der Waals surface area (Å²) in [6.45, 7) is 5.59. The number of carbonyl (C=O) groups excluding carboxylic acids is 1. The maximum Gasteiger partial charge on any atom is 0.259 e. The highest BCUT2D eigenvalue weighted by Gasteiger charge is 2.48. The second-order valence-electron chi connectivity index (χ2n) is 8.51. The zero-order chi connectivity index (χ0) is 22.6. The number of ether oxygens (including phenoxy) is 3. The molecule has 1 aromatic carbocycles. The highest BCUT2D eigenvalue weighted by molar-refractivity contribution is 7.20. The number of thiophene rings is 1. The molecule has 5 rings (SSSR count). The molecule has 168 valence electrons. The summed E-state index contributed by atoms with van der Waals surface area (Å²) in [5.74, 6) is -0.658. The number of carbonyl (C=O) groups is 1. The van der Waals surface area contributed by atoms with Crippen molar-refractivity contribution >= 4 is 39.0 Å². The van der Waals surface area contributed by atoms with Crippen molar-refractivity contribution in [2.45, 2.75) is 57.7 Å². The lowest BCUT2D eigenvalue weighted by Gasteiger charge is -2.22. The van der Waals surface area contributed by atoms with Crippen LogP contribution in [0.1, 0.15) is 41.9 Å². The van der Waals surface area contributed by atoms with Crippen LogP contribution in [0.3, 0.4) is 0 Å². The zero-order valence-corrected chi connectivity index (χ0v) is 18.7. The van der Waals surface area contributed by atoms with E-state index < -0.39 is 17.5 Å². The molecule has 1 saturated carbocycles. The number of hydrogen-bond acceptors (Lipinski definition) is 8. The molecule has 2 aliphatic rings. The van der Waals surface area contributed by atoms with Gasteiger partial charge in [0, 0.05) is 18.9 Å². The van der Waals surface area contributed by atoms with E-state index in [1.54, 1.807) is 13.0 Å². The Balaban J connectivity index is 1.42. The van der Waals surface area contributed by atoms with Crippen LogP contribution in [-0.2, 0) is 9.47 Å². The molecule has 0 bridgehead atoms. The molecule has 0 spiro atoms. The fourth-order valence-corrected chi connectivity index (χ4v) is 5.43. The molecule has 0 radical (unpaired) electrons. The second-order valence-corrected chi connectivity index (χ2v) is 9.51. The van der Waals surface area contributed by atoms with E-state index in [1.165, 1.54) is 29.8 Å². The first kappa shape index (κ1) is 21.0. The van der Waals surface area contributed by atoms with Crippen LogP contribution in [-0.4, -0.2) is 40.0 Å². The number of nitrogens with zero attached hydrogens (tertiary/aromatic N) is 2. The molecule has 8 nitrogen and oxygen atoms in total. The molecule has 0 unspecified atom stereocenters. The summed E-state index contributed by atoms with van der Waals surface area (Å²) in [6, 6.07) is 4.29. The highest BCUT2D eigenvalue weighted by Crippen LogP contribution is 2.41. The van der Waals surface area contributed by atoms with Crippen LogP contribution < -0.4 is 15.8 Å². The van der Waals surface area contributed by atoms with Crippen LogP contribution in [0.4, 0.5) is 15.9 Å². The van der Waals surface area contributed by atoms with Gasteiger partial charge >= 0.3 is 0 Å². The lowest BCUT2D eigenvalue weighted by molar-refractivity contribution is -0.155. The molecule has 32 heavy (non-hydrogen) atoms. The standard InChI is InChI=1S/C22H23FN4O4S/c1-10-17-20(25-9-26-21(17)32-18(10)19(24)28)27-13-5-4-11(23)6-14(13)29-12-7-15-16(8-12)31-22(2,3)30-15/h4-6,9,12,15-16H,7-8H2,1-3H3,(H2,24,28)(H,25,26,27)/t12-,15+,16-. The van der Waals surface area contributed by atoms with Crippen LogP contribution in [0.2, 0.25) is 0 Å². The van der Waals surface area contributed by atoms with Gasteiger partial charge in [-0.15, -0.1) is 11.3 Å². The maximum absolute atomic E-state index is 14.1. The molecular formula is C22H23FN4O4S. The zero-order valence-electron chi connectivity index (χ0n) is 17.8. The summed E-state index contributed by atoms with van der Waals surface area (Å²) >= 11 is 1.21. The van der Waals surface area contributed by atoms with Crippen molar-refractivity contribution < 1.29 is 23.4 Å². The summed E-state index contributed by atoms with van der Waals surface area (Å²) in [5.41, 5.74) is 6.74. The monoisotopic (exact) mass is 458 g/mol. The number of hydrogen-bond donors (Lipinski definition) is 2. The van der Waals surface area contributed by atoms with Gasteiger partial charge in [-0.25, -0.2) is 14.4 Å². The summed E-state index contributed by atoms with van der Waals surface area (Å²) < 4.78 is 32.1. The van der Waals surface area contributed by atoms with Crippen LogP contribution in [0, 0.1) is 12.7 Å². The Morgan fingerprint density at radius 3 is 2.69 bits per heavy atom. The van der Waals surface area contributed by atoms with Crippen LogP contribution in [0.5, 0.6) is 5.75 Å². The smallest absolute Gasteiger partial charge is 0.259 e. The van der Waals surface area contributed by atoms with E-state index in [9.17, 15) is 9.18 Å². The van der Waals surface area contributed by atoms with Gasteiger partial charge in [-0.05, 0) is 38.5 Å². The second kappa shape index (κ2) is 7.65. The molecule has 3 N–H and O–H groups in total. The quantitative estimate of drug-likeness (QED) is 0.594. The number of anilines is 2. The number of benzene rings is 1. The van der Waals surface area contributed by atoms with E-state index in [-0.39, 0.29) is 18.3 Å². The number of aromatic nitrogens is 2. The Kier molecular flexibility index (Phi) is 5.03. The largest absolute Gasteiger partial charge is 0.488 e. The van der Waals surface area contributed by atoms with Crippen molar-refractivity contribution in [3.63, 3.8) is 0 Å². The molecule has 2 fully saturated rings. The average Bonchev–Trinajstić information content (AvgIpc) is 3.32. The summed E-state index contributed by atoms with van der Waals surface area (Å²) in [6.07, 6.45) is 2.48. The molecule has 3 aromatic rings. The Bertz CT molecular complexity index is 1200. The number of nitrogens with one attached hydrogen (secondary N) is 1. The first-order chi connectivity index (χ1) is 15.2. The fraction of sp³-hybridized carbons (Fsp3) is 0.409. The molecule has 1 amide bonds. The van der Waals surface area contributed by atoms with Gasteiger partial charge in [-0.2, -0.15) is 0 Å². The normalized spacial score (nSPS) is 23.9. The molecule has 3 heterocycles. The summed E-state index contributed by atoms with van der Waals surface area (Å²) in [5, 5.41) is 3.92. The van der Waals surface area contributed by atoms with E-state index in [2.05, 4.69) is 15.3 Å². The minimum Gasteiger partial charge on any atom is -0.488 e. The Morgan fingerprint density at radius 2 is 2.00 bits per heavy atom. The first-order valence-corrected chi connectivity index (χ1v) is 11.1. The lowest BCUT2D eigenvalue weighted by Crippen LogP contribution is -2.25. The molecule has 10 heteroatoms. The van der Waals surface area contributed by atoms with Gasteiger partial charge in [0.25, 0.3) is 5.91 Å². The number of aryl methyl sites for hydroxylation is 1. The van der Waals surface area contributed by atoms with Crippen LogP contribution >= 0.6 is 11.3 Å². The van der Waals surface area contributed by atoms with Crippen molar-refractivity contribution in [3.8, 4) is 5.75 Å². The molecule has 3 atom stereocenters. The van der Waals surface area contributed by atoms with E-state index in [1.807, 2.05) is 13.8 Å². The van der Waals surface area contributed by atoms with Crippen molar-refractivity contribution in [2.75, 3.05) is 5.32 Å². The van der Waals surface area contributed by atoms with Crippen molar-refractivity contribution in [2.24, 2.45) is 5.73 Å². The number of rotatable bonds is 5. The number of nitrogens with two attached hydrogens (primary N) is 1. The molecule has 1 saturated heterocycles. The Morgan fingerprint density at radius 1 is 1.28 bits per heavy atom. The predicted molar refractivity (Wildman–Crippen MR) is 118 cm³/mol. The number of halogens is 1. The van der Waals surface area contributed by atoms with Gasteiger partial charge in [0.1, 0.15) is 34.6 Å². The van der Waals surface area contributed by atoms with Crippen molar-refractivity contribution in [1.82, 2.24) is 9.97 Å². The van der Waals surface area contributed by atoms with Gasteiger partial charge in [-0.1, -0.05) is 0 Å². The van der Waals surface area contributed by atoms with Crippen LogP contribution in [0.15, 0.2) is 24.5 Å². The highest BCUT2D eigenvalue weighted by atomic mass is 32.1. The molecule has 2 aromatic heterocycles. The third kappa shape index (κ3) is 3.78. The van der Waals surface area contributed by atoms with E-state index in [0.29, 0.717) is 50.8 Å². The van der Waals surface area contributed by atoms with Gasteiger partial charge in [0.2, 0.25) is 0 Å². The SMILES string of the molecule is Cc1c(C(N)=O)sc2ncnc(Nc3ccc(F)cc3O[C@@H]3C[C@@H]4OC(C)(C)O[C@@H]4C3)c12. The molecule has 1 aliphatic carbocycles. The summed E-state index contributed by atoms with van der Waals surface area (Å²) in [4.78, 5) is 21.4. The van der Waals surface area contributed by atoms with Gasteiger partial charge in [0.15, 0.2) is 5.79 Å². The van der Waals surface area contributed by atoms with Crippen molar-refractivity contribution in [1.29, 1.82) is 0 Å². The average molecular weight is 459 g/mol. The van der Waals surface area contributed by atoms with Gasteiger partial charge in [0.05, 0.1) is 28.2 Å². The first-order valence-electron chi connectivity index (χ1n) is 10.3. The summed E-state index contributed by atoms with van der Waals surface area (Å²) in [7, 11) is 0. The lowest BCUT2D eigenvalue weighted by atomic mass is 10.2. The minimum absolute atomic E-state index is 0.0397. The predicted octanol–water partition coefficient (Wildman–Crippen LogP) is 4.04.